The summed E-state index contributed by atoms with van der Waals surface area (Å²) in [7, 11) is 1.20. The second-order valence-corrected chi connectivity index (χ2v) is 6.63. The summed E-state index contributed by atoms with van der Waals surface area (Å²) in [6, 6.07) is 11.1. The molecule has 1 aromatic heterocycles. The zero-order chi connectivity index (χ0) is 19.6. The first kappa shape index (κ1) is 18.9. The largest absolute Gasteiger partial charge is 0.755 e. The monoisotopic (exact) mass is 405 g/mol. The lowest BCUT2D eigenvalue weighted by Gasteiger charge is -2.26. The summed E-state index contributed by atoms with van der Waals surface area (Å²) >= 11 is 3.15. The first-order valence-electron chi connectivity index (χ1n) is 7.58. The molecule has 0 aliphatic heterocycles. The minimum Gasteiger partial charge on any atom is -0.755 e. The minimum absolute atomic E-state index is 0.0148. The molecule has 3 rings (SSSR count). The molecule has 2 aromatic carbocycles. The topological polar surface area (TPSA) is 114 Å². The third kappa shape index (κ3) is 3.95. The van der Waals surface area contributed by atoms with Crippen LogP contribution in [0.4, 0.5) is 17.1 Å². The predicted molar refractivity (Wildman–Crippen MR) is 102 cm³/mol. The molecule has 1 unspecified atom stereocenters. The van der Waals surface area contributed by atoms with Crippen LogP contribution >= 0.6 is 11.6 Å². The first-order valence-corrected chi connectivity index (χ1v) is 8.99. The zero-order valence-electron chi connectivity index (χ0n) is 14.0. The van der Waals surface area contributed by atoms with Gasteiger partial charge in [0.25, 0.3) is 0 Å². The molecular weight excluding hydrogens is 392 g/mol. The molecule has 1 heterocycles. The Bertz CT molecular complexity index is 1010. The maximum absolute atomic E-state index is 12.1. The number of carbonyl (C=O) groups excluding carboxylic acids is 1. The van der Waals surface area contributed by atoms with Crippen molar-refractivity contribution in [1.29, 1.82) is 0 Å². The van der Waals surface area contributed by atoms with Gasteiger partial charge in [-0.2, -0.15) is 5.10 Å². The molecular formula is C17H14ClN4O4S-. The standard InChI is InChI=1S/C17H15ClN4O4S/c1-26-17(23)15-8-12(19)4-7-16(15)22(27(24)25)14-9-20-21(10-14)13-5-2-11(18)3-6-13/h2-10H,19H2,1H3,(H,24,25)/p-1. The molecule has 27 heavy (non-hydrogen) atoms. The van der Waals surface area contributed by atoms with Gasteiger partial charge in [0.2, 0.25) is 0 Å². The van der Waals surface area contributed by atoms with Gasteiger partial charge in [0.05, 0.1) is 53.4 Å². The average molecular weight is 406 g/mol. The number of hydrogen-bond donors (Lipinski definition) is 1. The number of hydrogen-bond acceptors (Lipinski definition) is 6. The van der Waals surface area contributed by atoms with Gasteiger partial charge in [0.15, 0.2) is 0 Å². The number of halogens is 1. The van der Waals surface area contributed by atoms with Gasteiger partial charge in [-0.3, -0.25) is 8.51 Å². The Morgan fingerprint density at radius 1 is 1.30 bits per heavy atom. The van der Waals surface area contributed by atoms with Gasteiger partial charge >= 0.3 is 5.97 Å². The molecule has 0 bridgehead atoms. The molecule has 140 valence electrons. The number of rotatable bonds is 5. The van der Waals surface area contributed by atoms with Gasteiger partial charge in [0, 0.05) is 10.7 Å². The Kier molecular flexibility index (Phi) is 5.45. The molecule has 0 spiro atoms. The summed E-state index contributed by atoms with van der Waals surface area (Å²) in [5.74, 6) is -0.710. The van der Waals surface area contributed by atoms with Crippen molar-refractivity contribution in [3.8, 4) is 5.69 Å². The van der Waals surface area contributed by atoms with E-state index in [-0.39, 0.29) is 16.9 Å². The van der Waals surface area contributed by atoms with E-state index in [0.717, 1.165) is 4.31 Å². The van der Waals surface area contributed by atoms with Crippen LogP contribution in [-0.2, 0) is 16.0 Å². The van der Waals surface area contributed by atoms with Crippen molar-refractivity contribution < 1.29 is 18.3 Å². The van der Waals surface area contributed by atoms with E-state index in [1.807, 2.05) is 0 Å². The Morgan fingerprint density at radius 2 is 2.00 bits per heavy atom. The van der Waals surface area contributed by atoms with E-state index in [4.69, 9.17) is 22.1 Å². The highest BCUT2D eigenvalue weighted by Gasteiger charge is 2.21. The molecule has 0 saturated carbocycles. The van der Waals surface area contributed by atoms with Crippen LogP contribution in [-0.4, -0.2) is 31.6 Å². The quantitative estimate of drug-likeness (QED) is 0.396. The van der Waals surface area contributed by atoms with Gasteiger partial charge in [-0.15, -0.1) is 0 Å². The molecule has 0 aliphatic carbocycles. The fourth-order valence-corrected chi connectivity index (χ4v) is 3.18. The van der Waals surface area contributed by atoms with E-state index >= 15 is 0 Å². The zero-order valence-corrected chi connectivity index (χ0v) is 15.6. The first-order chi connectivity index (χ1) is 12.9. The fraction of sp³-hybridized carbons (Fsp3) is 0.0588. The van der Waals surface area contributed by atoms with Crippen molar-refractivity contribution >= 4 is 45.9 Å². The molecule has 10 heteroatoms. The van der Waals surface area contributed by atoms with Crippen molar-refractivity contribution in [1.82, 2.24) is 9.78 Å². The van der Waals surface area contributed by atoms with Crippen molar-refractivity contribution in [3.63, 3.8) is 0 Å². The van der Waals surface area contributed by atoms with Crippen LogP contribution in [0, 0.1) is 0 Å². The molecule has 0 radical (unpaired) electrons. The summed E-state index contributed by atoms with van der Waals surface area (Å²) in [5, 5.41) is 4.74. The van der Waals surface area contributed by atoms with Crippen LogP contribution in [0.1, 0.15) is 10.4 Å². The third-order valence-electron chi connectivity index (χ3n) is 3.69. The SMILES string of the molecule is COC(=O)c1cc(N)ccc1N(c1cnn(-c2ccc(Cl)cc2)c1)S(=O)[O-]. The Labute approximate surface area is 162 Å². The van der Waals surface area contributed by atoms with E-state index in [1.54, 1.807) is 24.3 Å². The van der Waals surface area contributed by atoms with Gasteiger partial charge in [-0.1, -0.05) is 11.6 Å². The summed E-state index contributed by atoms with van der Waals surface area (Å²) < 4.78 is 31.0. The Morgan fingerprint density at radius 3 is 2.63 bits per heavy atom. The molecule has 0 saturated heterocycles. The molecule has 2 N–H and O–H groups in total. The number of nitrogens with zero attached hydrogens (tertiary/aromatic N) is 3. The lowest BCUT2D eigenvalue weighted by molar-refractivity contribution is 0.0602. The summed E-state index contributed by atoms with van der Waals surface area (Å²) in [5.41, 5.74) is 7.05. The Balaban J connectivity index is 2.07. The summed E-state index contributed by atoms with van der Waals surface area (Å²) in [4.78, 5) is 12.1. The minimum atomic E-state index is -2.73. The normalized spacial score (nSPS) is 11.8. The second-order valence-electron chi connectivity index (χ2n) is 5.40. The molecule has 0 amide bonds. The van der Waals surface area contributed by atoms with E-state index in [0.29, 0.717) is 16.4 Å². The summed E-state index contributed by atoms with van der Waals surface area (Å²) in [6.07, 6.45) is 2.87. The lowest BCUT2D eigenvalue weighted by Crippen LogP contribution is -2.22. The Hall–Kier alpha value is -2.88. The highest BCUT2D eigenvalue weighted by molar-refractivity contribution is 7.81. The molecule has 8 nitrogen and oxygen atoms in total. The van der Waals surface area contributed by atoms with Crippen molar-refractivity contribution in [2.75, 3.05) is 17.1 Å². The van der Waals surface area contributed by atoms with Gasteiger partial charge in [-0.05, 0) is 42.5 Å². The number of nitrogens with two attached hydrogens (primary N) is 1. The highest BCUT2D eigenvalue weighted by Crippen LogP contribution is 2.32. The van der Waals surface area contributed by atoms with Crippen molar-refractivity contribution in [2.24, 2.45) is 0 Å². The number of ether oxygens (including phenoxy) is 1. The van der Waals surface area contributed by atoms with Crippen LogP contribution in [0.2, 0.25) is 5.02 Å². The van der Waals surface area contributed by atoms with Gasteiger partial charge in [-0.25, -0.2) is 9.48 Å². The van der Waals surface area contributed by atoms with Gasteiger partial charge < -0.3 is 15.0 Å². The fourth-order valence-electron chi connectivity index (χ4n) is 2.46. The average Bonchev–Trinajstić information content (AvgIpc) is 3.12. The smallest absolute Gasteiger partial charge is 0.340 e. The third-order valence-corrected chi connectivity index (χ3v) is 4.65. The van der Waals surface area contributed by atoms with E-state index < -0.39 is 17.2 Å². The number of aromatic nitrogens is 2. The van der Waals surface area contributed by atoms with Crippen LogP contribution in [0.5, 0.6) is 0 Å². The highest BCUT2D eigenvalue weighted by atomic mass is 35.5. The lowest BCUT2D eigenvalue weighted by atomic mass is 10.1. The van der Waals surface area contributed by atoms with E-state index in [2.05, 4.69) is 5.10 Å². The van der Waals surface area contributed by atoms with E-state index in [9.17, 15) is 13.6 Å². The van der Waals surface area contributed by atoms with Crippen molar-refractivity contribution in [2.45, 2.75) is 0 Å². The number of nitrogen functional groups attached to an aromatic ring is 1. The number of benzene rings is 2. The van der Waals surface area contributed by atoms with Crippen molar-refractivity contribution in [3.05, 3.63) is 65.4 Å². The van der Waals surface area contributed by atoms with Crippen LogP contribution in [0.3, 0.4) is 0 Å². The predicted octanol–water partition coefficient (Wildman–Crippen LogP) is 2.83. The number of esters is 1. The number of carbonyl (C=O) groups is 1. The van der Waals surface area contributed by atoms with Gasteiger partial charge in [0.1, 0.15) is 0 Å². The number of methoxy groups -OCH3 is 1. The molecule has 1 atom stereocenters. The van der Waals surface area contributed by atoms with Crippen LogP contribution < -0.4 is 10.0 Å². The van der Waals surface area contributed by atoms with Crippen LogP contribution in [0.25, 0.3) is 5.69 Å². The molecule has 3 aromatic rings. The summed E-state index contributed by atoms with van der Waals surface area (Å²) in [6.45, 7) is 0. The van der Waals surface area contributed by atoms with E-state index in [1.165, 1.54) is 42.4 Å². The maximum Gasteiger partial charge on any atom is 0.340 e. The molecule has 0 aliphatic rings. The molecule has 0 fully saturated rings. The maximum atomic E-state index is 12.1. The van der Waals surface area contributed by atoms with Crippen LogP contribution in [0.15, 0.2) is 54.9 Å². The second kappa shape index (κ2) is 7.78. The number of anilines is 3.